The van der Waals surface area contributed by atoms with Crippen LogP contribution in [-0.4, -0.2) is 158 Å². The summed E-state index contributed by atoms with van der Waals surface area (Å²) < 4.78 is 0. The van der Waals surface area contributed by atoms with Gasteiger partial charge in [-0.05, 0) is 37.2 Å². The van der Waals surface area contributed by atoms with Crippen LogP contribution in [0.25, 0.3) is 0 Å². The van der Waals surface area contributed by atoms with Crippen molar-refractivity contribution in [1.82, 2.24) is 46.8 Å². The highest BCUT2D eigenvalue weighted by atomic mass is 16.4. The standard InChI is InChI=1S/C41H61N13O12/c1-3-22(2)33(53-36(61)29(20-55)49-31(56)19-47-35(60)26(11-7-13-46-41(43)44)50-34(59)25(42)17-32(57)58)38(63)51-27(16-24-18-45-21-48-24)39(64)54-14-8-12-30(54)37(62)52-28(40(65)66)15-23-9-5-4-6-10-23/h4-6,9-10,18,21-22,25-30,33,55H,3,7-8,11-17,19-20,42H2,1-2H3,(H,45,48)(H,47,60)(H,49,56)(H,50,59)(H,51,63)(H,52,62)(H,53,61)(H,57,58)(H,65,66)(H4,43,44,46)/t22-,25-,26-,27-,28-,29-,30-,33-/m0/s1. The molecule has 3 rings (SSSR count). The van der Waals surface area contributed by atoms with Crippen LogP contribution in [0.1, 0.15) is 63.6 Å². The number of nitrogens with two attached hydrogens (primary N) is 3. The third-order valence-corrected chi connectivity index (χ3v) is 10.7. The number of hydrogen-bond acceptors (Lipinski definition) is 13. The average Bonchev–Trinajstić information content (AvgIpc) is 3.99. The van der Waals surface area contributed by atoms with Crippen molar-refractivity contribution in [1.29, 1.82) is 0 Å². The maximum Gasteiger partial charge on any atom is 0.326 e. The second kappa shape index (κ2) is 26.6. The van der Waals surface area contributed by atoms with Crippen molar-refractivity contribution < 1.29 is 58.5 Å². The van der Waals surface area contributed by atoms with Gasteiger partial charge in [0.1, 0.15) is 36.3 Å². The van der Waals surface area contributed by atoms with Gasteiger partial charge in [-0.1, -0.05) is 50.6 Å². The molecule has 0 unspecified atom stereocenters. The van der Waals surface area contributed by atoms with E-state index in [1.165, 1.54) is 17.4 Å². The molecule has 362 valence electrons. The Morgan fingerprint density at radius 3 is 2.18 bits per heavy atom. The lowest BCUT2D eigenvalue weighted by Gasteiger charge is -2.31. The van der Waals surface area contributed by atoms with Crippen LogP contribution in [0.15, 0.2) is 47.8 Å². The minimum absolute atomic E-state index is 0.000903. The van der Waals surface area contributed by atoms with E-state index in [0.717, 1.165) is 0 Å². The minimum Gasteiger partial charge on any atom is -0.481 e. The largest absolute Gasteiger partial charge is 0.481 e. The summed E-state index contributed by atoms with van der Waals surface area (Å²) in [4.78, 5) is 129. The van der Waals surface area contributed by atoms with Crippen molar-refractivity contribution >= 4 is 59.2 Å². The maximum atomic E-state index is 14.3. The van der Waals surface area contributed by atoms with Crippen LogP contribution in [0.4, 0.5) is 0 Å². The number of aliphatic hydroxyl groups is 1. The van der Waals surface area contributed by atoms with E-state index in [1.54, 1.807) is 44.2 Å². The molecule has 0 radical (unpaired) electrons. The molecular formula is C41H61N13O12. The fourth-order valence-electron chi connectivity index (χ4n) is 6.92. The van der Waals surface area contributed by atoms with Crippen LogP contribution < -0.4 is 49.1 Å². The molecule has 66 heavy (non-hydrogen) atoms. The van der Waals surface area contributed by atoms with E-state index in [2.05, 4.69) is 46.9 Å². The van der Waals surface area contributed by atoms with E-state index in [9.17, 15) is 53.4 Å². The van der Waals surface area contributed by atoms with Gasteiger partial charge in [0, 0.05) is 37.8 Å². The Labute approximate surface area is 379 Å². The smallest absolute Gasteiger partial charge is 0.326 e. The SMILES string of the molecule is CC[C@H](C)[C@H](NC(=O)[C@H](CO)NC(=O)CNC(=O)[C@H](CCCN=C(N)N)NC(=O)[C@@H](N)CC(=O)O)C(=O)N[C@@H](Cc1cnc[nH]1)C(=O)N1CCC[C@H]1C(=O)N[C@@H](Cc1ccccc1)C(=O)O. The molecular weight excluding hydrogens is 867 g/mol. The van der Waals surface area contributed by atoms with Crippen molar-refractivity contribution in [2.75, 3.05) is 26.2 Å². The van der Waals surface area contributed by atoms with Gasteiger partial charge >= 0.3 is 11.9 Å². The van der Waals surface area contributed by atoms with E-state index >= 15 is 0 Å². The number of aromatic amines is 1. The molecule has 0 bridgehead atoms. The third kappa shape index (κ3) is 17.1. The molecule has 2 heterocycles. The number of nitrogens with one attached hydrogen (secondary N) is 7. The van der Waals surface area contributed by atoms with Crippen molar-refractivity contribution in [3.05, 3.63) is 54.1 Å². The van der Waals surface area contributed by atoms with E-state index < -0.39 is 121 Å². The number of hydrogen-bond donors (Lipinski definition) is 13. The van der Waals surface area contributed by atoms with E-state index in [4.69, 9.17) is 22.3 Å². The van der Waals surface area contributed by atoms with E-state index in [0.29, 0.717) is 24.1 Å². The highest BCUT2D eigenvalue weighted by molar-refractivity contribution is 5.97. The highest BCUT2D eigenvalue weighted by Crippen LogP contribution is 2.21. The molecule has 16 N–H and O–H groups in total. The van der Waals surface area contributed by atoms with E-state index in [-0.39, 0.29) is 51.2 Å². The first-order chi connectivity index (χ1) is 31.3. The highest BCUT2D eigenvalue weighted by Gasteiger charge is 2.40. The number of benzene rings is 1. The summed E-state index contributed by atoms with van der Waals surface area (Å²) in [5.74, 6) is -9.33. The van der Waals surface area contributed by atoms with Crippen LogP contribution in [0.3, 0.4) is 0 Å². The van der Waals surface area contributed by atoms with Crippen molar-refractivity contribution in [2.24, 2.45) is 28.1 Å². The minimum atomic E-state index is -1.64. The molecule has 7 amide bonds. The van der Waals surface area contributed by atoms with Gasteiger partial charge in [0.2, 0.25) is 41.4 Å². The number of nitrogens with zero attached hydrogens (tertiary/aromatic N) is 3. The van der Waals surface area contributed by atoms with Gasteiger partial charge < -0.3 is 74.3 Å². The van der Waals surface area contributed by atoms with Crippen LogP contribution in [0.2, 0.25) is 0 Å². The number of carbonyl (C=O) groups excluding carboxylic acids is 7. The van der Waals surface area contributed by atoms with Crippen molar-refractivity contribution in [2.45, 2.75) is 108 Å². The zero-order valence-corrected chi connectivity index (χ0v) is 36.7. The number of carboxylic acids is 2. The number of aromatic nitrogens is 2. The fraction of sp³-hybridized carbons (Fsp3) is 0.537. The molecule has 25 nitrogen and oxygen atoms in total. The Hall–Kier alpha value is -7.15. The number of amides is 7. The average molecular weight is 928 g/mol. The van der Waals surface area contributed by atoms with Gasteiger partial charge in [-0.25, -0.2) is 9.78 Å². The van der Waals surface area contributed by atoms with Gasteiger partial charge in [-0.15, -0.1) is 0 Å². The topological polar surface area (TPSA) is 409 Å². The van der Waals surface area contributed by atoms with Crippen molar-refractivity contribution in [3.63, 3.8) is 0 Å². The number of H-pyrrole nitrogens is 1. The molecule has 2 aromatic rings. The van der Waals surface area contributed by atoms with Crippen LogP contribution in [-0.2, 0) is 56.0 Å². The first-order valence-corrected chi connectivity index (χ1v) is 21.3. The molecule has 1 aromatic carbocycles. The summed E-state index contributed by atoms with van der Waals surface area (Å²) in [5.41, 5.74) is 17.4. The van der Waals surface area contributed by atoms with Gasteiger partial charge in [-0.3, -0.25) is 43.3 Å². The predicted octanol–water partition coefficient (Wildman–Crippen LogP) is -4.30. The summed E-state index contributed by atoms with van der Waals surface area (Å²) >= 11 is 0. The Bertz CT molecular complexity index is 2020. The fourth-order valence-corrected chi connectivity index (χ4v) is 6.92. The number of guanidine groups is 1. The van der Waals surface area contributed by atoms with Gasteiger partial charge in [-0.2, -0.15) is 0 Å². The molecule has 0 saturated carbocycles. The molecule has 0 spiro atoms. The quantitative estimate of drug-likeness (QED) is 0.0229. The van der Waals surface area contributed by atoms with Crippen molar-refractivity contribution in [3.8, 4) is 0 Å². The number of likely N-dealkylation sites (tertiary alicyclic amines) is 1. The first-order valence-electron chi connectivity index (χ1n) is 21.3. The number of aliphatic imine (C=N–C) groups is 1. The zero-order valence-electron chi connectivity index (χ0n) is 36.7. The third-order valence-electron chi connectivity index (χ3n) is 10.7. The van der Waals surface area contributed by atoms with Gasteiger partial charge in [0.15, 0.2) is 5.96 Å². The Balaban J connectivity index is 1.71. The lowest BCUT2D eigenvalue weighted by atomic mass is 9.97. The number of aliphatic carboxylic acids is 2. The summed E-state index contributed by atoms with van der Waals surface area (Å²) in [6.07, 6.45) is 3.07. The summed E-state index contributed by atoms with van der Waals surface area (Å²) in [5, 5.41) is 43.7. The lowest BCUT2D eigenvalue weighted by Crippen LogP contribution is -2.61. The Kier molecular flexibility index (Phi) is 21.4. The monoisotopic (exact) mass is 927 g/mol. The maximum absolute atomic E-state index is 14.3. The molecule has 0 aliphatic carbocycles. The molecule has 1 aliphatic heterocycles. The summed E-state index contributed by atoms with van der Waals surface area (Å²) in [7, 11) is 0. The predicted molar refractivity (Wildman–Crippen MR) is 234 cm³/mol. The van der Waals surface area contributed by atoms with Gasteiger partial charge in [0.05, 0.1) is 31.9 Å². The molecule has 1 fully saturated rings. The van der Waals surface area contributed by atoms with Gasteiger partial charge in [0.25, 0.3) is 0 Å². The Morgan fingerprint density at radius 1 is 0.879 bits per heavy atom. The molecule has 1 aliphatic rings. The normalized spacial score (nSPS) is 16.4. The number of rotatable bonds is 27. The van der Waals surface area contributed by atoms with Crippen LogP contribution in [0, 0.1) is 5.92 Å². The lowest BCUT2D eigenvalue weighted by molar-refractivity contribution is -0.145. The molecule has 25 heteroatoms. The molecule has 1 saturated heterocycles. The van der Waals surface area contributed by atoms with Crippen LogP contribution in [0.5, 0.6) is 0 Å². The summed E-state index contributed by atoms with van der Waals surface area (Å²) in [6, 6.07) is -0.700. The number of imidazole rings is 1. The molecule has 8 atom stereocenters. The van der Waals surface area contributed by atoms with Crippen LogP contribution >= 0.6 is 0 Å². The second-order valence-corrected chi connectivity index (χ2v) is 15.7. The van der Waals surface area contributed by atoms with E-state index in [1.807, 2.05) is 0 Å². The number of carbonyl (C=O) groups is 9. The molecule has 1 aromatic heterocycles. The number of aliphatic hydroxyl groups excluding tert-OH is 1. The summed E-state index contributed by atoms with van der Waals surface area (Å²) in [6.45, 7) is 1.88. The number of carboxylic acid groups (broad SMARTS) is 2. The zero-order chi connectivity index (χ0) is 48.9. The first kappa shape index (κ1) is 53.2. The second-order valence-electron chi connectivity index (χ2n) is 15.7. The Morgan fingerprint density at radius 2 is 1.58 bits per heavy atom.